The number of aromatic nitrogens is 2. The molecular formula is C29H30N2S. The molecule has 0 saturated heterocycles. The number of aryl methyl sites for hydroxylation is 1. The Hall–Kier alpha value is -2.91. The normalized spacial score (nSPS) is 13.8. The van der Waals surface area contributed by atoms with Crippen molar-refractivity contribution in [3.8, 4) is 11.4 Å². The summed E-state index contributed by atoms with van der Waals surface area (Å²) in [5, 5.41) is 3.06. The molecule has 0 N–H and O–H groups in total. The molecule has 2 heterocycles. The van der Waals surface area contributed by atoms with Gasteiger partial charge in [0.05, 0.1) is 17.6 Å². The number of hydrogen-bond donors (Lipinski definition) is 0. The molecule has 0 atom stereocenters. The number of imidazole rings is 1. The Morgan fingerprint density at radius 1 is 0.938 bits per heavy atom. The summed E-state index contributed by atoms with van der Waals surface area (Å²) < 4.78 is 27.1. The van der Waals surface area contributed by atoms with E-state index in [0.29, 0.717) is 23.9 Å². The smallest absolute Gasteiger partial charge is 0.142 e. The van der Waals surface area contributed by atoms with Crippen molar-refractivity contribution in [1.82, 2.24) is 9.55 Å². The summed E-state index contributed by atoms with van der Waals surface area (Å²) in [6.45, 7) is 7.57. The highest BCUT2D eigenvalue weighted by Gasteiger charge is 2.20. The number of rotatable bonds is 5. The van der Waals surface area contributed by atoms with Crippen molar-refractivity contribution >= 4 is 32.5 Å². The fourth-order valence-electron chi connectivity index (χ4n) is 4.69. The summed E-state index contributed by atoms with van der Waals surface area (Å²) in [6, 6.07) is 20.4. The quantitative estimate of drug-likeness (QED) is 0.267. The molecule has 0 unspecified atom stereocenters. The van der Waals surface area contributed by atoms with Crippen LogP contribution in [0.1, 0.15) is 65.9 Å². The van der Waals surface area contributed by atoms with E-state index in [-0.39, 0.29) is 0 Å². The van der Waals surface area contributed by atoms with Crippen LogP contribution >= 0.6 is 11.3 Å². The first-order valence-corrected chi connectivity index (χ1v) is 12.1. The van der Waals surface area contributed by atoms with Crippen molar-refractivity contribution in [3.63, 3.8) is 0 Å². The highest BCUT2D eigenvalue weighted by atomic mass is 32.1. The molecule has 5 rings (SSSR count). The molecular weight excluding hydrogens is 408 g/mol. The van der Waals surface area contributed by atoms with E-state index in [1.54, 1.807) is 17.4 Å². The highest BCUT2D eigenvalue weighted by Crippen LogP contribution is 2.37. The first-order valence-electron chi connectivity index (χ1n) is 12.7. The average molecular weight is 442 g/mol. The summed E-state index contributed by atoms with van der Waals surface area (Å²) in [5.41, 5.74) is 7.45. The zero-order valence-corrected chi connectivity index (χ0v) is 19.8. The predicted molar refractivity (Wildman–Crippen MR) is 139 cm³/mol. The van der Waals surface area contributed by atoms with Crippen LogP contribution in [0, 0.1) is 6.85 Å². The Kier molecular flexibility index (Phi) is 4.52. The lowest BCUT2D eigenvalue weighted by Gasteiger charge is -2.21. The summed E-state index contributed by atoms with van der Waals surface area (Å²) in [7, 11) is 0. The monoisotopic (exact) mass is 441 g/mol. The van der Waals surface area contributed by atoms with Gasteiger partial charge in [-0.15, -0.1) is 11.3 Å². The largest absolute Gasteiger partial charge is 0.319 e. The molecule has 0 amide bonds. The maximum atomic E-state index is 7.90. The predicted octanol–water partition coefficient (Wildman–Crippen LogP) is 8.52. The van der Waals surface area contributed by atoms with Crippen LogP contribution < -0.4 is 0 Å². The van der Waals surface area contributed by atoms with E-state index in [4.69, 9.17) is 9.10 Å². The first kappa shape index (κ1) is 17.6. The average Bonchev–Trinajstić information content (AvgIpc) is 3.39. The third-order valence-corrected chi connectivity index (χ3v) is 7.24. The van der Waals surface area contributed by atoms with E-state index in [0.717, 1.165) is 32.5 Å². The molecule has 32 heavy (non-hydrogen) atoms. The third kappa shape index (κ3) is 3.55. The molecule has 162 valence electrons. The minimum Gasteiger partial charge on any atom is -0.319 e. The lowest BCUT2D eigenvalue weighted by atomic mass is 9.88. The van der Waals surface area contributed by atoms with E-state index in [2.05, 4.69) is 74.0 Å². The second kappa shape index (κ2) is 8.22. The van der Waals surface area contributed by atoms with Gasteiger partial charge >= 0.3 is 0 Å². The van der Waals surface area contributed by atoms with E-state index in [9.17, 15) is 0 Å². The lowest BCUT2D eigenvalue weighted by Crippen LogP contribution is -2.10. The molecule has 5 aromatic rings. The summed E-state index contributed by atoms with van der Waals surface area (Å²) in [4.78, 5) is 5.07. The number of para-hydroxylation sites is 2. The summed E-state index contributed by atoms with van der Waals surface area (Å²) >= 11 is 1.63. The van der Waals surface area contributed by atoms with Crippen LogP contribution in [-0.4, -0.2) is 9.55 Å². The zero-order valence-electron chi connectivity index (χ0n) is 22.0. The first-order chi connectivity index (χ1) is 16.6. The van der Waals surface area contributed by atoms with Crippen LogP contribution in [0.2, 0.25) is 0 Å². The van der Waals surface area contributed by atoms with Crippen molar-refractivity contribution in [2.75, 3.05) is 0 Å². The number of thiophene rings is 1. The fraction of sp³-hybridized carbons (Fsp3) is 0.276. The third-order valence-electron chi connectivity index (χ3n) is 6.28. The molecule has 3 aromatic carbocycles. The molecule has 0 aliphatic rings. The van der Waals surface area contributed by atoms with Crippen LogP contribution in [0.15, 0.2) is 66.0 Å². The molecule has 0 bridgehead atoms. The van der Waals surface area contributed by atoms with Gasteiger partial charge in [-0.1, -0.05) is 69.7 Å². The number of hydrogen-bond acceptors (Lipinski definition) is 2. The molecule has 0 aliphatic carbocycles. The second-order valence-corrected chi connectivity index (χ2v) is 10.0. The minimum absolute atomic E-state index is 0.361. The number of benzene rings is 3. The van der Waals surface area contributed by atoms with Gasteiger partial charge in [0.25, 0.3) is 0 Å². The topological polar surface area (TPSA) is 17.8 Å². The van der Waals surface area contributed by atoms with Gasteiger partial charge < -0.3 is 4.57 Å². The van der Waals surface area contributed by atoms with Gasteiger partial charge in [0.15, 0.2) is 0 Å². The van der Waals surface area contributed by atoms with Crippen molar-refractivity contribution in [2.45, 2.75) is 52.9 Å². The van der Waals surface area contributed by atoms with Gasteiger partial charge in [0.1, 0.15) is 5.82 Å². The Bertz CT molecular complexity index is 1500. The van der Waals surface area contributed by atoms with E-state index in [1.165, 1.54) is 16.7 Å². The maximum Gasteiger partial charge on any atom is 0.142 e. The maximum absolute atomic E-state index is 7.90. The summed E-state index contributed by atoms with van der Waals surface area (Å²) in [5.74, 6) is 1.70. The van der Waals surface area contributed by atoms with Crippen LogP contribution in [0.5, 0.6) is 0 Å². The standard InChI is InChI=1S/C29H30N2S/c1-18(2)21-9-8-10-22(19(3)4)24(21)16-31-27-12-7-6-11-26(27)30-29(31)25-17-32-28-14-13-20(5)15-23(25)28/h6-15,17-19H,16H2,1-5H3/i5D3. The molecule has 0 saturated carbocycles. The molecule has 3 heteroatoms. The summed E-state index contributed by atoms with van der Waals surface area (Å²) in [6.07, 6.45) is 0. The van der Waals surface area contributed by atoms with Gasteiger partial charge in [0.2, 0.25) is 0 Å². The molecule has 0 aliphatic heterocycles. The van der Waals surface area contributed by atoms with E-state index in [1.807, 2.05) is 18.2 Å². The lowest BCUT2D eigenvalue weighted by molar-refractivity contribution is 0.750. The Morgan fingerprint density at radius 3 is 2.41 bits per heavy atom. The SMILES string of the molecule is [2H]C([2H])([2H])c1ccc2scc(-c3nc4ccccc4n3Cc3c(C(C)C)cccc3C(C)C)c2c1. The molecule has 0 radical (unpaired) electrons. The molecule has 0 fully saturated rings. The number of fused-ring (bicyclic) bond motifs is 2. The highest BCUT2D eigenvalue weighted by molar-refractivity contribution is 7.17. The fourth-order valence-corrected chi connectivity index (χ4v) is 5.61. The van der Waals surface area contributed by atoms with E-state index < -0.39 is 6.85 Å². The Labute approximate surface area is 198 Å². The Balaban J connectivity index is 1.76. The minimum atomic E-state index is -2.14. The van der Waals surface area contributed by atoms with Gasteiger partial charge in [-0.2, -0.15) is 0 Å². The van der Waals surface area contributed by atoms with Crippen molar-refractivity contribution < 1.29 is 4.11 Å². The zero-order chi connectivity index (χ0) is 24.9. The van der Waals surface area contributed by atoms with Gasteiger partial charge in [-0.05, 0) is 59.6 Å². The number of nitrogens with zero attached hydrogens (tertiary/aromatic N) is 2. The van der Waals surface area contributed by atoms with Crippen LogP contribution in [-0.2, 0) is 6.54 Å². The van der Waals surface area contributed by atoms with Gasteiger partial charge in [0, 0.05) is 25.1 Å². The van der Waals surface area contributed by atoms with Crippen LogP contribution in [0.3, 0.4) is 0 Å². The molecule has 2 aromatic heterocycles. The van der Waals surface area contributed by atoms with E-state index >= 15 is 0 Å². The van der Waals surface area contributed by atoms with Crippen molar-refractivity contribution in [1.29, 1.82) is 0 Å². The van der Waals surface area contributed by atoms with Crippen molar-refractivity contribution in [3.05, 3.63) is 88.3 Å². The Morgan fingerprint density at radius 2 is 1.69 bits per heavy atom. The molecule has 0 spiro atoms. The van der Waals surface area contributed by atoms with Crippen LogP contribution in [0.25, 0.3) is 32.5 Å². The van der Waals surface area contributed by atoms with Crippen LogP contribution in [0.4, 0.5) is 0 Å². The second-order valence-electron chi connectivity index (χ2n) is 9.10. The van der Waals surface area contributed by atoms with Crippen molar-refractivity contribution in [2.24, 2.45) is 0 Å². The van der Waals surface area contributed by atoms with Gasteiger partial charge in [-0.25, -0.2) is 4.98 Å². The molecule has 2 nitrogen and oxygen atoms in total. The van der Waals surface area contributed by atoms with Gasteiger partial charge in [-0.3, -0.25) is 0 Å².